The zero-order valence-corrected chi connectivity index (χ0v) is 10.8. The van der Waals surface area contributed by atoms with Crippen molar-refractivity contribution in [3.05, 3.63) is 59.4 Å². The molecule has 1 atom stereocenters. The SMILES string of the molecule is Cc1cccc(COc2ccccc2C(C)N)n1. The van der Waals surface area contributed by atoms with E-state index in [2.05, 4.69) is 4.98 Å². The lowest BCUT2D eigenvalue weighted by Gasteiger charge is -2.13. The Morgan fingerprint density at radius 3 is 2.67 bits per heavy atom. The monoisotopic (exact) mass is 242 g/mol. The summed E-state index contributed by atoms with van der Waals surface area (Å²) >= 11 is 0. The second-order valence-electron chi connectivity index (χ2n) is 4.39. The maximum atomic E-state index is 5.91. The molecule has 0 aliphatic rings. The number of nitrogens with two attached hydrogens (primary N) is 1. The summed E-state index contributed by atoms with van der Waals surface area (Å²) in [6.07, 6.45) is 0. The molecule has 0 spiro atoms. The molecule has 0 radical (unpaired) electrons. The first-order valence-corrected chi connectivity index (χ1v) is 6.06. The smallest absolute Gasteiger partial charge is 0.130 e. The van der Waals surface area contributed by atoms with Gasteiger partial charge in [0.1, 0.15) is 12.4 Å². The van der Waals surface area contributed by atoms with E-state index < -0.39 is 0 Å². The molecule has 3 heteroatoms. The van der Waals surface area contributed by atoms with Crippen LogP contribution in [0.4, 0.5) is 0 Å². The molecule has 3 nitrogen and oxygen atoms in total. The third kappa shape index (κ3) is 3.08. The van der Waals surface area contributed by atoms with Gasteiger partial charge in [-0.15, -0.1) is 0 Å². The molecule has 0 saturated heterocycles. The first-order valence-electron chi connectivity index (χ1n) is 6.06. The highest BCUT2D eigenvalue weighted by Crippen LogP contribution is 2.23. The summed E-state index contributed by atoms with van der Waals surface area (Å²) in [5, 5.41) is 0. The Morgan fingerprint density at radius 1 is 1.17 bits per heavy atom. The molecule has 2 aromatic rings. The Morgan fingerprint density at radius 2 is 1.94 bits per heavy atom. The standard InChI is InChI=1S/C15H18N2O/c1-11-6-5-7-13(17-11)10-18-15-9-4-3-8-14(15)12(2)16/h3-9,12H,10,16H2,1-2H3. The van der Waals surface area contributed by atoms with Crippen LogP contribution in [0.5, 0.6) is 5.75 Å². The maximum absolute atomic E-state index is 5.91. The van der Waals surface area contributed by atoms with E-state index in [-0.39, 0.29) is 6.04 Å². The van der Waals surface area contributed by atoms with Crippen molar-refractivity contribution in [2.45, 2.75) is 26.5 Å². The number of aromatic nitrogens is 1. The summed E-state index contributed by atoms with van der Waals surface area (Å²) in [6.45, 7) is 4.39. The van der Waals surface area contributed by atoms with Crippen LogP contribution < -0.4 is 10.5 Å². The summed E-state index contributed by atoms with van der Waals surface area (Å²) < 4.78 is 5.80. The van der Waals surface area contributed by atoms with E-state index in [1.807, 2.05) is 56.3 Å². The predicted octanol–water partition coefficient (Wildman–Crippen LogP) is 2.99. The highest BCUT2D eigenvalue weighted by atomic mass is 16.5. The molecule has 0 aliphatic heterocycles. The van der Waals surface area contributed by atoms with E-state index in [0.717, 1.165) is 22.7 Å². The molecule has 0 saturated carbocycles. The van der Waals surface area contributed by atoms with Crippen LogP contribution in [0.15, 0.2) is 42.5 Å². The Bertz CT molecular complexity index is 523. The zero-order chi connectivity index (χ0) is 13.0. The van der Waals surface area contributed by atoms with Crippen LogP contribution in [0.1, 0.15) is 29.9 Å². The van der Waals surface area contributed by atoms with Crippen LogP contribution in [0.25, 0.3) is 0 Å². The third-order valence-corrected chi connectivity index (χ3v) is 2.73. The number of benzene rings is 1. The van der Waals surface area contributed by atoms with E-state index in [4.69, 9.17) is 10.5 Å². The topological polar surface area (TPSA) is 48.1 Å². The van der Waals surface area contributed by atoms with E-state index in [0.29, 0.717) is 6.61 Å². The summed E-state index contributed by atoms with van der Waals surface area (Å²) in [5.74, 6) is 0.829. The van der Waals surface area contributed by atoms with Gasteiger partial charge < -0.3 is 10.5 Å². The Kier molecular flexibility index (Phi) is 3.95. The van der Waals surface area contributed by atoms with Crippen LogP contribution in [-0.4, -0.2) is 4.98 Å². The molecule has 94 valence electrons. The Balaban J connectivity index is 2.11. The Labute approximate surface area is 108 Å². The fraction of sp³-hybridized carbons (Fsp3) is 0.267. The number of hydrogen-bond donors (Lipinski definition) is 1. The van der Waals surface area contributed by atoms with Crippen LogP contribution in [0.3, 0.4) is 0 Å². The van der Waals surface area contributed by atoms with Crippen LogP contribution >= 0.6 is 0 Å². The number of aryl methyl sites for hydroxylation is 1. The van der Waals surface area contributed by atoms with Gasteiger partial charge in [0.2, 0.25) is 0 Å². The maximum Gasteiger partial charge on any atom is 0.130 e. The van der Waals surface area contributed by atoms with E-state index in [1.165, 1.54) is 0 Å². The quantitative estimate of drug-likeness (QED) is 0.896. The Hall–Kier alpha value is -1.87. The fourth-order valence-corrected chi connectivity index (χ4v) is 1.82. The van der Waals surface area contributed by atoms with Crippen molar-refractivity contribution < 1.29 is 4.74 Å². The van der Waals surface area contributed by atoms with Crippen molar-refractivity contribution in [2.24, 2.45) is 5.73 Å². The predicted molar refractivity (Wildman–Crippen MR) is 72.4 cm³/mol. The van der Waals surface area contributed by atoms with Crippen molar-refractivity contribution in [3.8, 4) is 5.75 Å². The molecule has 2 rings (SSSR count). The minimum atomic E-state index is -0.0355. The number of hydrogen-bond acceptors (Lipinski definition) is 3. The lowest BCUT2D eigenvalue weighted by molar-refractivity contribution is 0.296. The van der Waals surface area contributed by atoms with Crippen molar-refractivity contribution in [1.29, 1.82) is 0 Å². The van der Waals surface area contributed by atoms with Crippen LogP contribution in [-0.2, 0) is 6.61 Å². The molecule has 1 heterocycles. The van der Waals surface area contributed by atoms with Crippen molar-refractivity contribution >= 4 is 0 Å². The van der Waals surface area contributed by atoms with Gasteiger partial charge in [0.25, 0.3) is 0 Å². The second kappa shape index (κ2) is 5.65. The fourth-order valence-electron chi connectivity index (χ4n) is 1.82. The minimum absolute atomic E-state index is 0.0355. The molecule has 1 unspecified atom stereocenters. The molecule has 0 aliphatic carbocycles. The third-order valence-electron chi connectivity index (χ3n) is 2.73. The lowest BCUT2D eigenvalue weighted by atomic mass is 10.1. The average Bonchev–Trinajstić information content (AvgIpc) is 2.37. The number of pyridine rings is 1. The molecule has 2 N–H and O–H groups in total. The van der Waals surface area contributed by atoms with Gasteiger partial charge in [0.15, 0.2) is 0 Å². The number of nitrogens with zero attached hydrogens (tertiary/aromatic N) is 1. The molecular formula is C15H18N2O. The molecule has 0 fully saturated rings. The minimum Gasteiger partial charge on any atom is -0.487 e. The normalized spacial score (nSPS) is 12.2. The number of para-hydroxylation sites is 1. The lowest BCUT2D eigenvalue weighted by Crippen LogP contribution is -2.08. The first-order chi connectivity index (χ1) is 8.66. The van der Waals surface area contributed by atoms with Gasteiger partial charge in [-0.25, -0.2) is 0 Å². The van der Waals surface area contributed by atoms with Crippen molar-refractivity contribution in [1.82, 2.24) is 4.98 Å². The second-order valence-corrected chi connectivity index (χ2v) is 4.39. The van der Waals surface area contributed by atoms with E-state index in [1.54, 1.807) is 0 Å². The molecule has 0 bridgehead atoms. The van der Waals surface area contributed by atoms with Gasteiger partial charge in [0, 0.05) is 17.3 Å². The molecular weight excluding hydrogens is 224 g/mol. The van der Waals surface area contributed by atoms with Gasteiger partial charge in [-0.2, -0.15) is 0 Å². The first kappa shape index (κ1) is 12.6. The van der Waals surface area contributed by atoms with Gasteiger partial charge in [-0.3, -0.25) is 4.98 Å². The number of ether oxygens (including phenoxy) is 1. The molecule has 1 aromatic heterocycles. The number of rotatable bonds is 4. The molecule has 0 amide bonds. The highest BCUT2D eigenvalue weighted by molar-refractivity contribution is 5.35. The van der Waals surface area contributed by atoms with Crippen molar-refractivity contribution in [2.75, 3.05) is 0 Å². The largest absolute Gasteiger partial charge is 0.487 e. The summed E-state index contributed by atoms with van der Waals surface area (Å²) in [6, 6.07) is 13.7. The van der Waals surface area contributed by atoms with E-state index in [9.17, 15) is 0 Å². The van der Waals surface area contributed by atoms with Gasteiger partial charge in [-0.05, 0) is 32.0 Å². The summed E-state index contributed by atoms with van der Waals surface area (Å²) in [4.78, 5) is 4.41. The summed E-state index contributed by atoms with van der Waals surface area (Å²) in [5.41, 5.74) is 8.85. The zero-order valence-electron chi connectivity index (χ0n) is 10.8. The van der Waals surface area contributed by atoms with E-state index >= 15 is 0 Å². The van der Waals surface area contributed by atoms with Gasteiger partial charge >= 0.3 is 0 Å². The summed E-state index contributed by atoms with van der Waals surface area (Å²) in [7, 11) is 0. The molecule has 18 heavy (non-hydrogen) atoms. The average molecular weight is 242 g/mol. The van der Waals surface area contributed by atoms with Crippen LogP contribution in [0, 0.1) is 6.92 Å². The highest BCUT2D eigenvalue weighted by Gasteiger charge is 2.07. The van der Waals surface area contributed by atoms with Gasteiger partial charge in [0.05, 0.1) is 5.69 Å². The van der Waals surface area contributed by atoms with Crippen molar-refractivity contribution in [3.63, 3.8) is 0 Å². The molecule has 1 aromatic carbocycles. The van der Waals surface area contributed by atoms with Crippen LogP contribution in [0.2, 0.25) is 0 Å². The van der Waals surface area contributed by atoms with Gasteiger partial charge in [-0.1, -0.05) is 24.3 Å².